The van der Waals surface area contributed by atoms with E-state index in [4.69, 9.17) is 34.8 Å². The minimum atomic E-state index is -0.539. The topological polar surface area (TPSA) is 40.6 Å². The zero-order chi connectivity index (χ0) is 16.7. The normalized spacial score (nSPS) is 22.3. The zero-order valence-electron chi connectivity index (χ0n) is 12.5. The molecule has 2 amide bonds. The molecule has 1 aromatic rings. The standard InChI is InChI=1S/C16H15Cl3N2O2/c1-9-3-2-4-20(8-9)14-13(19)15(22)21(16(14)23)12-6-10(17)5-11(18)7-12/h5-7,9H,2-4,8H2,1H3. The van der Waals surface area contributed by atoms with Crippen molar-refractivity contribution in [2.75, 3.05) is 18.0 Å². The van der Waals surface area contributed by atoms with Gasteiger partial charge in [0.05, 0.1) is 5.69 Å². The van der Waals surface area contributed by atoms with Crippen LogP contribution in [0.15, 0.2) is 28.9 Å². The van der Waals surface area contributed by atoms with E-state index < -0.39 is 11.8 Å². The Morgan fingerprint density at radius 1 is 1.04 bits per heavy atom. The second-order valence-corrected chi connectivity index (χ2v) is 7.18. The first-order valence-corrected chi connectivity index (χ1v) is 8.51. The van der Waals surface area contributed by atoms with Crippen molar-refractivity contribution < 1.29 is 9.59 Å². The average molecular weight is 374 g/mol. The molecule has 1 saturated heterocycles. The van der Waals surface area contributed by atoms with Crippen molar-refractivity contribution in [1.82, 2.24) is 4.90 Å². The molecule has 7 heteroatoms. The van der Waals surface area contributed by atoms with E-state index in [1.54, 1.807) is 6.07 Å². The maximum Gasteiger partial charge on any atom is 0.283 e. The largest absolute Gasteiger partial charge is 0.365 e. The maximum absolute atomic E-state index is 12.8. The van der Waals surface area contributed by atoms with Gasteiger partial charge in [0.1, 0.15) is 10.7 Å². The molecule has 0 aromatic heterocycles. The molecule has 2 aliphatic rings. The molecule has 0 saturated carbocycles. The number of carbonyl (C=O) groups is 2. The quantitative estimate of drug-likeness (QED) is 0.734. The minimum absolute atomic E-state index is 0.0415. The van der Waals surface area contributed by atoms with Crippen molar-refractivity contribution in [1.29, 1.82) is 0 Å². The number of carbonyl (C=O) groups excluding carboxylic acids is 2. The third kappa shape index (κ3) is 3.08. The van der Waals surface area contributed by atoms with E-state index in [2.05, 4.69) is 6.92 Å². The maximum atomic E-state index is 12.8. The molecule has 1 aromatic carbocycles. The number of amides is 2. The van der Waals surface area contributed by atoms with E-state index in [1.165, 1.54) is 12.1 Å². The van der Waals surface area contributed by atoms with E-state index in [-0.39, 0.29) is 10.7 Å². The number of imide groups is 1. The second-order valence-electron chi connectivity index (χ2n) is 5.93. The number of halogens is 3. The molecule has 23 heavy (non-hydrogen) atoms. The lowest BCUT2D eigenvalue weighted by molar-refractivity contribution is -0.121. The number of likely N-dealkylation sites (tertiary alicyclic amines) is 1. The summed E-state index contributed by atoms with van der Waals surface area (Å²) in [5, 5.41) is 0.661. The Kier molecular flexibility index (Phi) is 4.59. The van der Waals surface area contributed by atoms with Crippen molar-refractivity contribution >= 4 is 52.3 Å². The third-order valence-electron chi connectivity index (χ3n) is 4.08. The second kappa shape index (κ2) is 6.34. The highest BCUT2D eigenvalue weighted by Gasteiger charge is 2.42. The minimum Gasteiger partial charge on any atom is -0.365 e. The molecule has 1 fully saturated rings. The van der Waals surface area contributed by atoms with E-state index in [0.29, 0.717) is 28.2 Å². The molecule has 1 atom stereocenters. The number of piperidine rings is 1. The van der Waals surface area contributed by atoms with Crippen LogP contribution in [-0.2, 0) is 9.59 Å². The summed E-state index contributed by atoms with van der Waals surface area (Å²) < 4.78 is 0. The number of hydrogen-bond acceptors (Lipinski definition) is 3. The van der Waals surface area contributed by atoms with Gasteiger partial charge in [-0.3, -0.25) is 9.59 Å². The Morgan fingerprint density at radius 3 is 2.30 bits per heavy atom. The van der Waals surface area contributed by atoms with Crippen LogP contribution in [0.1, 0.15) is 19.8 Å². The summed E-state index contributed by atoms with van der Waals surface area (Å²) in [5.74, 6) is -0.506. The highest BCUT2D eigenvalue weighted by molar-refractivity contribution is 6.52. The molecule has 0 radical (unpaired) electrons. The Morgan fingerprint density at radius 2 is 1.70 bits per heavy atom. The van der Waals surface area contributed by atoms with Gasteiger partial charge in [0, 0.05) is 23.1 Å². The van der Waals surface area contributed by atoms with Crippen LogP contribution in [0, 0.1) is 5.92 Å². The fourth-order valence-electron chi connectivity index (χ4n) is 3.06. The molecule has 3 rings (SSSR count). The van der Waals surface area contributed by atoms with Crippen LogP contribution in [0.3, 0.4) is 0 Å². The van der Waals surface area contributed by atoms with Crippen molar-refractivity contribution in [3.8, 4) is 0 Å². The monoisotopic (exact) mass is 372 g/mol. The van der Waals surface area contributed by atoms with Crippen molar-refractivity contribution in [2.24, 2.45) is 5.92 Å². The summed E-state index contributed by atoms with van der Waals surface area (Å²) in [7, 11) is 0. The van der Waals surface area contributed by atoms with Gasteiger partial charge in [0.15, 0.2) is 0 Å². The SMILES string of the molecule is CC1CCCN(C2=C(Cl)C(=O)N(c3cc(Cl)cc(Cl)c3)C2=O)C1. The molecular formula is C16H15Cl3N2O2. The van der Waals surface area contributed by atoms with Gasteiger partial charge < -0.3 is 4.90 Å². The lowest BCUT2D eigenvalue weighted by Crippen LogP contribution is -2.39. The molecule has 0 N–H and O–H groups in total. The van der Waals surface area contributed by atoms with E-state index >= 15 is 0 Å². The molecule has 0 spiro atoms. The number of hydrogen-bond donors (Lipinski definition) is 0. The molecule has 0 aliphatic carbocycles. The molecule has 2 aliphatic heterocycles. The van der Waals surface area contributed by atoms with Crippen molar-refractivity contribution in [3.63, 3.8) is 0 Å². The summed E-state index contributed by atoms with van der Waals surface area (Å²) >= 11 is 18.1. The molecule has 2 heterocycles. The van der Waals surface area contributed by atoms with Crippen LogP contribution in [0.25, 0.3) is 0 Å². The predicted octanol–water partition coefficient (Wildman–Crippen LogP) is 4.05. The first-order chi connectivity index (χ1) is 10.9. The third-order valence-corrected chi connectivity index (χ3v) is 4.86. The summed E-state index contributed by atoms with van der Waals surface area (Å²) in [6.45, 7) is 3.56. The number of anilines is 1. The summed E-state index contributed by atoms with van der Waals surface area (Å²) in [4.78, 5) is 28.2. The molecule has 122 valence electrons. The fraction of sp³-hybridized carbons (Fsp3) is 0.375. The van der Waals surface area contributed by atoms with Gasteiger partial charge in [-0.15, -0.1) is 0 Å². The van der Waals surface area contributed by atoms with Gasteiger partial charge in [0.2, 0.25) is 0 Å². The summed E-state index contributed by atoms with van der Waals surface area (Å²) in [6.07, 6.45) is 2.08. The predicted molar refractivity (Wildman–Crippen MR) is 91.8 cm³/mol. The molecular weight excluding hydrogens is 359 g/mol. The van der Waals surface area contributed by atoms with Gasteiger partial charge in [-0.2, -0.15) is 0 Å². The van der Waals surface area contributed by atoms with Gasteiger partial charge in [-0.1, -0.05) is 41.7 Å². The van der Waals surface area contributed by atoms with E-state index in [0.717, 1.165) is 24.3 Å². The van der Waals surface area contributed by atoms with Crippen molar-refractivity contribution in [2.45, 2.75) is 19.8 Å². The summed E-state index contributed by atoms with van der Waals surface area (Å²) in [6, 6.07) is 4.59. The molecule has 0 bridgehead atoms. The lowest BCUT2D eigenvalue weighted by Gasteiger charge is -2.33. The van der Waals surface area contributed by atoms with Gasteiger partial charge in [-0.05, 0) is 37.0 Å². The van der Waals surface area contributed by atoms with Crippen LogP contribution < -0.4 is 4.90 Å². The van der Waals surface area contributed by atoms with E-state index in [1.807, 2.05) is 4.90 Å². The van der Waals surface area contributed by atoms with Crippen LogP contribution in [0.2, 0.25) is 10.0 Å². The van der Waals surface area contributed by atoms with Gasteiger partial charge >= 0.3 is 0 Å². The molecule has 1 unspecified atom stereocenters. The first kappa shape index (κ1) is 16.6. The van der Waals surface area contributed by atoms with Crippen LogP contribution in [0.4, 0.5) is 5.69 Å². The Labute approximate surface area is 149 Å². The Bertz CT molecular complexity index is 697. The highest BCUT2D eigenvalue weighted by Crippen LogP contribution is 2.35. The lowest BCUT2D eigenvalue weighted by atomic mass is 10.00. The van der Waals surface area contributed by atoms with Crippen LogP contribution in [-0.4, -0.2) is 29.8 Å². The van der Waals surface area contributed by atoms with Gasteiger partial charge in [0.25, 0.3) is 11.8 Å². The number of benzene rings is 1. The van der Waals surface area contributed by atoms with Crippen LogP contribution >= 0.6 is 34.8 Å². The number of nitrogens with zero attached hydrogens (tertiary/aromatic N) is 2. The molecule has 4 nitrogen and oxygen atoms in total. The zero-order valence-corrected chi connectivity index (χ0v) is 14.8. The van der Waals surface area contributed by atoms with Gasteiger partial charge in [-0.25, -0.2) is 4.90 Å². The Balaban J connectivity index is 1.95. The first-order valence-electron chi connectivity index (χ1n) is 7.38. The van der Waals surface area contributed by atoms with Crippen molar-refractivity contribution in [3.05, 3.63) is 39.0 Å². The summed E-state index contributed by atoms with van der Waals surface area (Å²) in [5.41, 5.74) is 0.607. The number of rotatable bonds is 2. The smallest absolute Gasteiger partial charge is 0.283 e. The van der Waals surface area contributed by atoms with E-state index in [9.17, 15) is 9.59 Å². The average Bonchev–Trinajstić information content (AvgIpc) is 2.68. The Hall–Kier alpha value is -1.23. The highest BCUT2D eigenvalue weighted by atomic mass is 35.5. The fourth-order valence-corrected chi connectivity index (χ4v) is 3.86. The van der Waals surface area contributed by atoms with Crippen LogP contribution in [0.5, 0.6) is 0 Å².